The summed E-state index contributed by atoms with van der Waals surface area (Å²) in [4.78, 5) is 15.3. The van der Waals surface area contributed by atoms with Crippen molar-refractivity contribution in [1.29, 1.82) is 0 Å². The van der Waals surface area contributed by atoms with Gasteiger partial charge in [0.15, 0.2) is 11.5 Å². The Hall–Kier alpha value is -3.23. The molecule has 2 aliphatic rings. The molecule has 0 saturated carbocycles. The van der Waals surface area contributed by atoms with Crippen LogP contribution in [0.2, 0.25) is 0 Å². The Labute approximate surface area is 180 Å². The lowest BCUT2D eigenvalue weighted by Gasteiger charge is -2.33. The summed E-state index contributed by atoms with van der Waals surface area (Å²) in [5, 5.41) is 0. The largest absolute Gasteiger partial charge is 0.496 e. The van der Waals surface area contributed by atoms with E-state index in [9.17, 15) is 0 Å². The van der Waals surface area contributed by atoms with Crippen LogP contribution in [0.1, 0.15) is 17.4 Å². The molecule has 0 N–H and O–H groups in total. The van der Waals surface area contributed by atoms with Crippen LogP contribution in [0.15, 0.2) is 49.1 Å². The minimum absolute atomic E-state index is 0.110. The number of hydrogen-bond acceptors (Lipinski definition) is 8. The first-order valence-corrected chi connectivity index (χ1v) is 10.3. The van der Waals surface area contributed by atoms with Crippen LogP contribution in [0.4, 0.5) is 0 Å². The van der Waals surface area contributed by atoms with Crippen LogP contribution in [-0.2, 0) is 11.3 Å². The fourth-order valence-electron chi connectivity index (χ4n) is 3.91. The van der Waals surface area contributed by atoms with Crippen LogP contribution in [0, 0.1) is 0 Å². The maximum absolute atomic E-state index is 6.06. The highest BCUT2D eigenvalue weighted by Crippen LogP contribution is 2.37. The highest BCUT2D eigenvalue weighted by Gasteiger charge is 2.25. The topological polar surface area (TPSA) is 78.8 Å². The third-order valence-electron chi connectivity index (χ3n) is 5.45. The number of hydrogen-bond donors (Lipinski definition) is 0. The second kappa shape index (κ2) is 8.87. The molecule has 4 heterocycles. The van der Waals surface area contributed by atoms with Gasteiger partial charge in [0.25, 0.3) is 0 Å². The number of methoxy groups -OCH3 is 1. The van der Waals surface area contributed by atoms with E-state index in [-0.39, 0.29) is 6.10 Å². The molecule has 0 bridgehead atoms. The molecule has 0 spiro atoms. The van der Waals surface area contributed by atoms with Gasteiger partial charge in [0.2, 0.25) is 0 Å². The zero-order chi connectivity index (χ0) is 21.0. The molecule has 8 nitrogen and oxygen atoms in total. The Balaban J connectivity index is 1.34. The zero-order valence-electron chi connectivity index (χ0n) is 17.4. The van der Waals surface area contributed by atoms with Crippen molar-refractivity contribution >= 4 is 0 Å². The van der Waals surface area contributed by atoms with E-state index in [1.165, 1.54) is 6.33 Å². The smallest absolute Gasteiger partial charge is 0.165 e. The van der Waals surface area contributed by atoms with Crippen molar-refractivity contribution in [2.75, 3.05) is 40.0 Å². The Morgan fingerprint density at radius 1 is 1.06 bits per heavy atom. The Morgan fingerprint density at radius 3 is 2.68 bits per heavy atom. The number of ether oxygens (including phenoxy) is 4. The fourth-order valence-corrected chi connectivity index (χ4v) is 3.91. The predicted octanol–water partition coefficient (Wildman–Crippen LogP) is 2.89. The normalized spacial score (nSPS) is 18.5. The summed E-state index contributed by atoms with van der Waals surface area (Å²) >= 11 is 0. The highest BCUT2D eigenvalue weighted by atomic mass is 16.6. The summed E-state index contributed by atoms with van der Waals surface area (Å²) in [6.45, 7) is 4.05. The first-order valence-electron chi connectivity index (χ1n) is 10.3. The van der Waals surface area contributed by atoms with Crippen LogP contribution >= 0.6 is 0 Å². The van der Waals surface area contributed by atoms with Gasteiger partial charge in [-0.15, -0.1) is 0 Å². The molecule has 1 atom stereocenters. The Kier molecular flexibility index (Phi) is 5.64. The van der Waals surface area contributed by atoms with Crippen molar-refractivity contribution in [2.45, 2.75) is 12.6 Å². The van der Waals surface area contributed by atoms with Crippen LogP contribution in [0.3, 0.4) is 0 Å². The monoisotopic (exact) mass is 420 g/mol. The van der Waals surface area contributed by atoms with Gasteiger partial charge in [0.1, 0.15) is 31.4 Å². The van der Waals surface area contributed by atoms with Crippen LogP contribution in [0.5, 0.6) is 17.2 Å². The van der Waals surface area contributed by atoms with E-state index in [4.69, 9.17) is 23.9 Å². The van der Waals surface area contributed by atoms with Crippen molar-refractivity contribution in [2.24, 2.45) is 0 Å². The van der Waals surface area contributed by atoms with E-state index in [1.807, 2.05) is 30.3 Å². The lowest BCUT2D eigenvalue weighted by molar-refractivity contribution is -0.0351. The van der Waals surface area contributed by atoms with E-state index in [0.29, 0.717) is 19.8 Å². The van der Waals surface area contributed by atoms with Gasteiger partial charge in [-0.3, -0.25) is 4.90 Å². The second-order valence-electron chi connectivity index (χ2n) is 7.48. The summed E-state index contributed by atoms with van der Waals surface area (Å²) in [5.74, 6) is 2.31. The van der Waals surface area contributed by atoms with E-state index >= 15 is 0 Å². The molecule has 160 valence electrons. The molecule has 1 aromatic carbocycles. The SMILES string of the molecule is COc1cc2c(cc1CN1CCO[C@@H](c3cccc(-c4cncnc4)n3)C1)OCCO2. The van der Waals surface area contributed by atoms with Crippen LogP contribution in [0.25, 0.3) is 11.3 Å². The first-order chi connectivity index (χ1) is 15.3. The zero-order valence-corrected chi connectivity index (χ0v) is 17.4. The Morgan fingerprint density at radius 2 is 1.87 bits per heavy atom. The average molecular weight is 420 g/mol. The molecule has 0 amide bonds. The molecule has 3 aromatic rings. The van der Waals surface area contributed by atoms with Gasteiger partial charge in [-0.1, -0.05) is 6.07 Å². The molecule has 1 saturated heterocycles. The Bertz CT molecular complexity index is 1050. The molecule has 1 fully saturated rings. The average Bonchev–Trinajstić information content (AvgIpc) is 2.84. The minimum atomic E-state index is -0.110. The molecule has 31 heavy (non-hydrogen) atoms. The number of benzene rings is 1. The molecule has 2 aromatic heterocycles. The molecule has 0 aliphatic carbocycles. The van der Waals surface area contributed by atoms with Gasteiger partial charge in [0.05, 0.1) is 25.1 Å². The quantitative estimate of drug-likeness (QED) is 0.624. The van der Waals surface area contributed by atoms with Crippen molar-refractivity contribution < 1.29 is 18.9 Å². The molecular weight excluding hydrogens is 396 g/mol. The molecule has 2 aliphatic heterocycles. The number of nitrogens with zero attached hydrogens (tertiary/aromatic N) is 4. The summed E-state index contributed by atoms with van der Waals surface area (Å²) in [5.41, 5.74) is 3.70. The molecular formula is C23H24N4O4. The van der Waals surface area contributed by atoms with Crippen molar-refractivity contribution in [3.63, 3.8) is 0 Å². The van der Waals surface area contributed by atoms with Gasteiger partial charge in [0, 0.05) is 49.2 Å². The maximum Gasteiger partial charge on any atom is 0.165 e. The van der Waals surface area contributed by atoms with Gasteiger partial charge in [-0.2, -0.15) is 0 Å². The van der Waals surface area contributed by atoms with E-state index in [0.717, 1.165) is 59.4 Å². The number of rotatable bonds is 5. The standard InChI is InChI=1S/C23H24N4O4/c1-28-20-10-22-21(30-7-8-31-22)9-16(20)13-27-5-6-29-23(14-27)19-4-2-3-18(26-19)17-11-24-15-25-12-17/h2-4,9-12,15,23H,5-8,13-14H2,1H3/t23-/m1/s1. The van der Waals surface area contributed by atoms with Gasteiger partial charge in [-0.05, 0) is 18.2 Å². The van der Waals surface area contributed by atoms with Crippen molar-refractivity contribution in [3.05, 3.63) is 60.3 Å². The molecule has 0 unspecified atom stereocenters. The van der Waals surface area contributed by atoms with E-state index in [1.54, 1.807) is 19.5 Å². The third-order valence-corrected chi connectivity index (χ3v) is 5.45. The van der Waals surface area contributed by atoms with Crippen molar-refractivity contribution in [3.8, 4) is 28.5 Å². The van der Waals surface area contributed by atoms with E-state index in [2.05, 4.69) is 14.9 Å². The molecule has 0 radical (unpaired) electrons. The second-order valence-corrected chi connectivity index (χ2v) is 7.48. The number of fused-ring (bicyclic) bond motifs is 1. The maximum atomic E-state index is 6.06. The number of aromatic nitrogens is 3. The summed E-state index contributed by atoms with van der Waals surface area (Å²) in [7, 11) is 1.68. The minimum Gasteiger partial charge on any atom is -0.496 e. The first kappa shape index (κ1) is 19.7. The molecule has 8 heteroatoms. The molecule has 5 rings (SSSR count). The third kappa shape index (κ3) is 4.30. The predicted molar refractivity (Wildman–Crippen MR) is 113 cm³/mol. The summed E-state index contributed by atoms with van der Waals surface area (Å²) < 4.78 is 23.1. The lowest BCUT2D eigenvalue weighted by Crippen LogP contribution is -2.38. The highest BCUT2D eigenvalue weighted by molar-refractivity contribution is 5.56. The van der Waals surface area contributed by atoms with Crippen molar-refractivity contribution in [1.82, 2.24) is 19.9 Å². The lowest BCUT2D eigenvalue weighted by atomic mass is 10.1. The van der Waals surface area contributed by atoms with E-state index < -0.39 is 0 Å². The van der Waals surface area contributed by atoms with Gasteiger partial charge in [-0.25, -0.2) is 15.0 Å². The fraction of sp³-hybridized carbons (Fsp3) is 0.348. The number of pyridine rings is 1. The van der Waals surface area contributed by atoms with Crippen LogP contribution in [-0.4, -0.2) is 59.9 Å². The van der Waals surface area contributed by atoms with Gasteiger partial charge >= 0.3 is 0 Å². The summed E-state index contributed by atoms with van der Waals surface area (Å²) in [6, 6.07) is 9.90. The summed E-state index contributed by atoms with van der Waals surface area (Å²) in [6.07, 6.45) is 4.94. The number of morpholine rings is 1. The van der Waals surface area contributed by atoms with Crippen LogP contribution < -0.4 is 14.2 Å². The van der Waals surface area contributed by atoms with Gasteiger partial charge < -0.3 is 18.9 Å².